The molecule has 1 saturated heterocycles. The van der Waals surface area contributed by atoms with Crippen molar-refractivity contribution in [1.29, 1.82) is 0 Å². The first-order valence-corrected chi connectivity index (χ1v) is 7.66. The number of hydrogen-bond donors (Lipinski definition) is 1. The van der Waals surface area contributed by atoms with Crippen LogP contribution in [0.4, 0.5) is 0 Å². The van der Waals surface area contributed by atoms with E-state index in [0.29, 0.717) is 36.0 Å². The third-order valence-electron chi connectivity index (χ3n) is 3.91. The van der Waals surface area contributed by atoms with Crippen LogP contribution in [0.25, 0.3) is 11.3 Å². The van der Waals surface area contributed by atoms with Crippen molar-refractivity contribution in [3.63, 3.8) is 0 Å². The zero-order chi connectivity index (χ0) is 16.4. The van der Waals surface area contributed by atoms with Crippen molar-refractivity contribution in [2.75, 3.05) is 13.7 Å². The van der Waals surface area contributed by atoms with Crippen molar-refractivity contribution in [1.82, 2.24) is 10.1 Å². The van der Waals surface area contributed by atoms with Gasteiger partial charge >= 0.3 is 5.97 Å². The SMILES string of the molecule is COC(=O)C1CC(O)CN1Cc1cc(-c2ccc(Cl)cc2)no1. The van der Waals surface area contributed by atoms with Crippen LogP contribution in [0.5, 0.6) is 0 Å². The van der Waals surface area contributed by atoms with Gasteiger partial charge < -0.3 is 14.4 Å². The van der Waals surface area contributed by atoms with E-state index in [9.17, 15) is 9.90 Å². The van der Waals surface area contributed by atoms with Crippen LogP contribution in [-0.4, -0.2) is 46.9 Å². The van der Waals surface area contributed by atoms with Gasteiger partial charge in [-0.2, -0.15) is 0 Å². The van der Waals surface area contributed by atoms with Crippen molar-refractivity contribution >= 4 is 17.6 Å². The molecule has 1 fully saturated rings. The van der Waals surface area contributed by atoms with Gasteiger partial charge in [0.25, 0.3) is 0 Å². The van der Waals surface area contributed by atoms with Gasteiger partial charge in [0.15, 0.2) is 5.76 Å². The fraction of sp³-hybridized carbons (Fsp3) is 0.375. The summed E-state index contributed by atoms with van der Waals surface area (Å²) in [5, 5.41) is 14.5. The van der Waals surface area contributed by atoms with Crippen LogP contribution in [-0.2, 0) is 16.1 Å². The van der Waals surface area contributed by atoms with E-state index in [1.165, 1.54) is 7.11 Å². The first-order chi connectivity index (χ1) is 11.1. The van der Waals surface area contributed by atoms with Crippen LogP contribution < -0.4 is 0 Å². The molecule has 2 unspecified atom stereocenters. The molecule has 2 heterocycles. The number of halogens is 1. The monoisotopic (exact) mass is 336 g/mol. The highest BCUT2D eigenvalue weighted by molar-refractivity contribution is 6.30. The molecule has 3 rings (SSSR count). The third kappa shape index (κ3) is 3.55. The number of hydrogen-bond acceptors (Lipinski definition) is 6. The second-order valence-electron chi connectivity index (χ2n) is 5.54. The Kier molecular flexibility index (Phi) is 4.66. The average molecular weight is 337 g/mol. The predicted octanol–water partition coefficient (Wildman–Crippen LogP) is 2.10. The maximum atomic E-state index is 11.8. The molecular weight excluding hydrogens is 320 g/mol. The van der Waals surface area contributed by atoms with Gasteiger partial charge in [0.2, 0.25) is 0 Å². The smallest absolute Gasteiger partial charge is 0.323 e. The summed E-state index contributed by atoms with van der Waals surface area (Å²) < 4.78 is 10.1. The molecule has 1 aliphatic rings. The number of β-amino-alcohol motifs (C(OH)–C–C–N with tert-alkyl or cyclic N) is 1. The van der Waals surface area contributed by atoms with Gasteiger partial charge in [-0.15, -0.1) is 0 Å². The fourth-order valence-electron chi connectivity index (χ4n) is 2.78. The molecular formula is C16H17ClN2O4. The lowest BCUT2D eigenvalue weighted by molar-refractivity contribution is -0.146. The molecule has 1 aromatic heterocycles. The molecule has 1 N–H and O–H groups in total. The minimum atomic E-state index is -0.544. The number of aromatic nitrogens is 1. The maximum Gasteiger partial charge on any atom is 0.323 e. The van der Waals surface area contributed by atoms with Crippen molar-refractivity contribution in [3.8, 4) is 11.3 Å². The first-order valence-electron chi connectivity index (χ1n) is 7.28. The summed E-state index contributed by atoms with van der Waals surface area (Å²) in [7, 11) is 1.35. The number of aliphatic hydroxyl groups is 1. The number of benzene rings is 1. The van der Waals surface area contributed by atoms with E-state index in [1.54, 1.807) is 12.1 Å². The van der Waals surface area contributed by atoms with Gasteiger partial charge in [0.1, 0.15) is 11.7 Å². The maximum absolute atomic E-state index is 11.8. The molecule has 1 aliphatic heterocycles. The van der Waals surface area contributed by atoms with Crippen LogP contribution in [0.1, 0.15) is 12.2 Å². The Morgan fingerprint density at radius 1 is 1.48 bits per heavy atom. The zero-order valence-corrected chi connectivity index (χ0v) is 13.4. The lowest BCUT2D eigenvalue weighted by Gasteiger charge is -2.20. The van der Waals surface area contributed by atoms with Gasteiger partial charge in [0, 0.05) is 29.6 Å². The quantitative estimate of drug-likeness (QED) is 0.862. The van der Waals surface area contributed by atoms with E-state index in [2.05, 4.69) is 5.16 Å². The number of rotatable bonds is 4. The van der Waals surface area contributed by atoms with E-state index in [-0.39, 0.29) is 5.97 Å². The lowest BCUT2D eigenvalue weighted by Crippen LogP contribution is -2.36. The van der Waals surface area contributed by atoms with E-state index in [4.69, 9.17) is 20.9 Å². The number of likely N-dealkylation sites (tertiary alicyclic amines) is 1. The van der Waals surface area contributed by atoms with Crippen molar-refractivity contribution in [3.05, 3.63) is 41.1 Å². The molecule has 2 atom stereocenters. The van der Waals surface area contributed by atoms with E-state index in [0.717, 1.165) is 5.56 Å². The molecule has 0 bridgehead atoms. The lowest BCUT2D eigenvalue weighted by atomic mass is 10.1. The number of carbonyl (C=O) groups excluding carboxylic acids is 1. The Hall–Kier alpha value is -1.89. The molecule has 23 heavy (non-hydrogen) atoms. The minimum absolute atomic E-state index is 0.348. The van der Waals surface area contributed by atoms with Crippen LogP contribution in [0.2, 0.25) is 5.02 Å². The third-order valence-corrected chi connectivity index (χ3v) is 4.16. The number of aliphatic hydroxyl groups excluding tert-OH is 1. The Labute approximate surface area is 138 Å². The van der Waals surface area contributed by atoms with Crippen molar-refractivity contribution in [2.24, 2.45) is 0 Å². The predicted molar refractivity (Wildman–Crippen MR) is 83.8 cm³/mol. The van der Waals surface area contributed by atoms with Gasteiger partial charge in [-0.05, 0) is 12.1 Å². The molecule has 0 radical (unpaired) electrons. The second-order valence-corrected chi connectivity index (χ2v) is 5.98. The number of esters is 1. The normalized spacial score (nSPS) is 21.5. The molecule has 6 nitrogen and oxygen atoms in total. The second kappa shape index (κ2) is 6.70. The van der Waals surface area contributed by atoms with Crippen LogP contribution in [0.15, 0.2) is 34.9 Å². The summed E-state index contributed by atoms with van der Waals surface area (Å²) in [4.78, 5) is 13.6. The molecule has 0 amide bonds. The molecule has 2 aromatic rings. The summed E-state index contributed by atoms with van der Waals surface area (Å²) in [5.41, 5.74) is 1.60. The van der Waals surface area contributed by atoms with Crippen LogP contribution in [0.3, 0.4) is 0 Å². The Morgan fingerprint density at radius 2 is 2.22 bits per heavy atom. The molecule has 122 valence electrons. The fourth-order valence-corrected chi connectivity index (χ4v) is 2.91. The van der Waals surface area contributed by atoms with Gasteiger partial charge in [-0.3, -0.25) is 9.69 Å². The minimum Gasteiger partial charge on any atom is -0.468 e. The molecule has 0 saturated carbocycles. The summed E-state index contributed by atoms with van der Waals surface area (Å²) >= 11 is 5.87. The summed E-state index contributed by atoms with van der Waals surface area (Å²) in [6, 6.07) is 8.66. The van der Waals surface area contributed by atoms with Gasteiger partial charge in [-0.25, -0.2) is 0 Å². The molecule has 1 aromatic carbocycles. The van der Waals surface area contributed by atoms with Gasteiger partial charge in [-0.1, -0.05) is 28.9 Å². The van der Waals surface area contributed by atoms with E-state index >= 15 is 0 Å². The zero-order valence-electron chi connectivity index (χ0n) is 12.6. The Bertz CT molecular complexity index is 686. The number of methoxy groups -OCH3 is 1. The molecule has 0 spiro atoms. The largest absolute Gasteiger partial charge is 0.468 e. The highest BCUT2D eigenvalue weighted by atomic mass is 35.5. The van der Waals surface area contributed by atoms with E-state index < -0.39 is 12.1 Å². The van der Waals surface area contributed by atoms with Crippen molar-refractivity contribution in [2.45, 2.75) is 25.1 Å². The standard InChI is InChI=1S/C16H17ClN2O4/c1-22-16(21)15-6-12(20)8-19(15)9-13-7-14(18-23-13)10-2-4-11(17)5-3-10/h2-5,7,12,15,20H,6,8-9H2,1H3. The topological polar surface area (TPSA) is 75.8 Å². The summed E-state index contributed by atoms with van der Waals surface area (Å²) in [6.45, 7) is 0.786. The number of ether oxygens (including phenoxy) is 1. The first kappa shape index (κ1) is 16.0. The van der Waals surface area contributed by atoms with Crippen LogP contribution >= 0.6 is 11.6 Å². The molecule has 0 aliphatic carbocycles. The number of nitrogens with zero attached hydrogens (tertiary/aromatic N) is 2. The Balaban J connectivity index is 1.73. The summed E-state index contributed by atoms with van der Waals surface area (Å²) in [5.74, 6) is 0.275. The number of carbonyl (C=O) groups is 1. The summed E-state index contributed by atoms with van der Waals surface area (Å²) in [6.07, 6.45) is -0.178. The Morgan fingerprint density at radius 3 is 2.91 bits per heavy atom. The molecule has 7 heteroatoms. The van der Waals surface area contributed by atoms with E-state index in [1.807, 2.05) is 23.1 Å². The average Bonchev–Trinajstić information content (AvgIpc) is 3.14. The highest BCUT2D eigenvalue weighted by Crippen LogP contribution is 2.25. The van der Waals surface area contributed by atoms with Crippen molar-refractivity contribution < 1.29 is 19.2 Å². The van der Waals surface area contributed by atoms with Crippen LogP contribution in [0, 0.1) is 0 Å². The van der Waals surface area contributed by atoms with Gasteiger partial charge in [0.05, 0.1) is 19.8 Å². The highest BCUT2D eigenvalue weighted by Gasteiger charge is 2.37.